The Kier molecular flexibility index (Phi) is 3.64. The van der Waals surface area contributed by atoms with E-state index in [1.54, 1.807) is 24.3 Å². The summed E-state index contributed by atoms with van der Waals surface area (Å²) >= 11 is 3.24. The van der Waals surface area contributed by atoms with Crippen molar-refractivity contribution in [2.45, 2.75) is 0 Å². The van der Waals surface area contributed by atoms with Crippen LogP contribution in [-0.4, -0.2) is 24.0 Å². The van der Waals surface area contributed by atoms with Crippen LogP contribution in [0, 0.1) is 0 Å². The number of hydrogen-bond acceptors (Lipinski definition) is 2. The first-order valence-electron chi connectivity index (χ1n) is 3.85. The third-order valence-corrected chi connectivity index (χ3v) is 2.15. The van der Waals surface area contributed by atoms with E-state index in [0.29, 0.717) is 12.0 Å². The Hall–Kier alpha value is -1.36. The van der Waals surface area contributed by atoms with Crippen LogP contribution in [0.3, 0.4) is 0 Å². The molecule has 1 aromatic rings. The van der Waals surface area contributed by atoms with E-state index in [4.69, 9.17) is 5.11 Å². The van der Waals surface area contributed by atoms with Gasteiger partial charge in [-0.3, -0.25) is 4.90 Å². The van der Waals surface area contributed by atoms with Crippen LogP contribution in [-0.2, 0) is 4.79 Å². The molecule has 14 heavy (non-hydrogen) atoms. The number of benzene rings is 1. The van der Waals surface area contributed by atoms with Crippen LogP contribution in [0.15, 0.2) is 28.7 Å². The van der Waals surface area contributed by atoms with Crippen molar-refractivity contribution in [1.82, 2.24) is 0 Å². The van der Waals surface area contributed by atoms with E-state index >= 15 is 0 Å². The first kappa shape index (κ1) is 10.7. The number of halogens is 1. The molecule has 0 saturated heterocycles. The van der Waals surface area contributed by atoms with Crippen molar-refractivity contribution in [2.75, 3.05) is 11.4 Å². The number of aldehydes is 1. The van der Waals surface area contributed by atoms with Gasteiger partial charge >= 0.3 is 6.09 Å². The topological polar surface area (TPSA) is 57.6 Å². The molecule has 74 valence electrons. The molecule has 0 atom stereocenters. The lowest BCUT2D eigenvalue weighted by Gasteiger charge is -2.15. The van der Waals surface area contributed by atoms with Crippen molar-refractivity contribution in [3.8, 4) is 0 Å². The van der Waals surface area contributed by atoms with Gasteiger partial charge in [0.2, 0.25) is 0 Å². The summed E-state index contributed by atoms with van der Waals surface area (Å²) in [6.07, 6.45) is -0.588. The second-order valence-electron chi connectivity index (χ2n) is 2.54. The highest BCUT2D eigenvalue weighted by atomic mass is 79.9. The summed E-state index contributed by atoms with van der Waals surface area (Å²) in [4.78, 5) is 21.9. The number of carbonyl (C=O) groups excluding carboxylic acids is 1. The Morgan fingerprint density at radius 2 is 2.00 bits per heavy atom. The van der Waals surface area contributed by atoms with Crippen LogP contribution >= 0.6 is 15.9 Å². The molecule has 5 heteroatoms. The minimum absolute atomic E-state index is 0.156. The van der Waals surface area contributed by atoms with E-state index in [1.807, 2.05) is 0 Å². The maximum atomic E-state index is 10.7. The zero-order valence-electron chi connectivity index (χ0n) is 7.18. The number of rotatable bonds is 3. The summed E-state index contributed by atoms with van der Waals surface area (Å²) in [7, 11) is 0. The zero-order valence-corrected chi connectivity index (χ0v) is 8.77. The van der Waals surface area contributed by atoms with Crippen LogP contribution in [0.5, 0.6) is 0 Å². The van der Waals surface area contributed by atoms with Crippen molar-refractivity contribution < 1.29 is 14.7 Å². The summed E-state index contributed by atoms with van der Waals surface area (Å²) in [6.45, 7) is -0.156. The molecular weight excluding hydrogens is 250 g/mol. The smallest absolute Gasteiger partial charge is 0.412 e. The van der Waals surface area contributed by atoms with Crippen LogP contribution in [0.2, 0.25) is 0 Å². The molecule has 4 nitrogen and oxygen atoms in total. The Labute approximate surface area is 89.3 Å². The molecule has 1 rings (SSSR count). The molecule has 0 aliphatic heterocycles. The van der Waals surface area contributed by atoms with Gasteiger partial charge in [-0.1, -0.05) is 15.9 Å². The number of carboxylic acid groups (broad SMARTS) is 1. The number of carbonyl (C=O) groups is 2. The van der Waals surface area contributed by atoms with E-state index in [-0.39, 0.29) is 6.54 Å². The molecule has 0 aliphatic carbocycles. The Morgan fingerprint density at radius 1 is 1.43 bits per heavy atom. The molecule has 0 bridgehead atoms. The molecule has 0 aliphatic rings. The van der Waals surface area contributed by atoms with E-state index < -0.39 is 6.09 Å². The lowest BCUT2D eigenvalue weighted by molar-refractivity contribution is -0.106. The van der Waals surface area contributed by atoms with Gasteiger partial charge in [-0.05, 0) is 24.3 Å². The number of hydrogen-bond donors (Lipinski definition) is 1. The summed E-state index contributed by atoms with van der Waals surface area (Å²) in [6, 6.07) is 6.69. The van der Waals surface area contributed by atoms with Gasteiger partial charge in [-0.25, -0.2) is 4.79 Å². The van der Waals surface area contributed by atoms with E-state index in [9.17, 15) is 9.59 Å². The monoisotopic (exact) mass is 257 g/mol. The van der Waals surface area contributed by atoms with Gasteiger partial charge in [0.15, 0.2) is 0 Å². The standard InChI is InChI=1S/C9H8BrNO3/c10-7-1-3-8(4-2-7)11(5-6-12)9(13)14/h1-4,6H,5H2,(H,13,14). The first-order valence-corrected chi connectivity index (χ1v) is 4.64. The van der Waals surface area contributed by atoms with Crippen LogP contribution in [0.4, 0.5) is 10.5 Å². The number of amides is 1. The molecule has 0 saturated carbocycles. The Balaban J connectivity index is 2.93. The Morgan fingerprint density at radius 3 is 2.43 bits per heavy atom. The molecule has 0 unspecified atom stereocenters. The molecule has 0 fully saturated rings. The van der Waals surface area contributed by atoms with Gasteiger partial charge in [-0.2, -0.15) is 0 Å². The average molecular weight is 258 g/mol. The first-order chi connectivity index (χ1) is 6.65. The van der Waals surface area contributed by atoms with Gasteiger partial charge in [0.1, 0.15) is 6.29 Å². The van der Waals surface area contributed by atoms with Gasteiger partial charge < -0.3 is 9.90 Å². The third kappa shape index (κ3) is 2.56. The number of anilines is 1. The van der Waals surface area contributed by atoms with Crippen LogP contribution < -0.4 is 4.90 Å². The maximum Gasteiger partial charge on any atom is 0.412 e. The van der Waals surface area contributed by atoms with Gasteiger partial charge in [0.05, 0.1) is 6.54 Å². The van der Waals surface area contributed by atoms with E-state index in [2.05, 4.69) is 15.9 Å². The van der Waals surface area contributed by atoms with Crippen LogP contribution in [0.1, 0.15) is 0 Å². The van der Waals surface area contributed by atoms with Crippen molar-refractivity contribution in [1.29, 1.82) is 0 Å². The molecule has 0 heterocycles. The van der Waals surface area contributed by atoms with Crippen molar-refractivity contribution in [3.05, 3.63) is 28.7 Å². The highest BCUT2D eigenvalue weighted by molar-refractivity contribution is 9.10. The SMILES string of the molecule is O=CCN(C(=O)O)c1ccc(Br)cc1. The van der Waals surface area contributed by atoms with Gasteiger partial charge in [0.25, 0.3) is 0 Å². The molecule has 0 spiro atoms. The molecule has 1 amide bonds. The molecular formula is C9H8BrNO3. The normalized spacial score (nSPS) is 9.50. The Bertz CT molecular complexity index is 336. The molecule has 0 radical (unpaired) electrons. The average Bonchev–Trinajstić information content (AvgIpc) is 2.15. The zero-order chi connectivity index (χ0) is 10.6. The lowest BCUT2D eigenvalue weighted by atomic mass is 10.3. The minimum Gasteiger partial charge on any atom is -0.465 e. The van der Waals surface area contributed by atoms with E-state index in [0.717, 1.165) is 9.37 Å². The summed E-state index contributed by atoms with van der Waals surface area (Å²) in [5.74, 6) is 0. The fraction of sp³-hybridized carbons (Fsp3) is 0.111. The highest BCUT2D eigenvalue weighted by Gasteiger charge is 2.12. The third-order valence-electron chi connectivity index (χ3n) is 1.63. The predicted molar refractivity (Wildman–Crippen MR) is 55.6 cm³/mol. The molecule has 1 aromatic carbocycles. The second-order valence-corrected chi connectivity index (χ2v) is 3.45. The van der Waals surface area contributed by atoms with E-state index in [1.165, 1.54) is 0 Å². The quantitative estimate of drug-likeness (QED) is 0.845. The molecule has 0 aromatic heterocycles. The van der Waals surface area contributed by atoms with Gasteiger partial charge in [-0.15, -0.1) is 0 Å². The van der Waals surface area contributed by atoms with Crippen molar-refractivity contribution in [2.24, 2.45) is 0 Å². The van der Waals surface area contributed by atoms with Gasteiger partial charge in [0, 0.05) is 10.2 Å². The summed E-state index contributed by atoms with van der Waals surface area (Å²) < 4.78 is 0.859. The van der Waals surface area contributed by atoms with Crippen LogP contribution in [0.25, 0.3) is 0 Å². The summed E-state index contributed by atoms with van der Waals surface area (Å²) in [5, 5.41) is 8.78. The maximum absolute atomic E-state index is 10.7. The molecule has 1 N–H and O–H groups in total. The second kappa shape index (κ2) is 4.76. The predicted octanol–water partition coefficient (Wildman–Crippen LogP) is 2.13. The van der Waals surface area contributed by atoms with Crippen molar-refractivity contribution in [3.63, 3.8) is 0 Å². The fourth-order valence-corrected chi connectivity index (χ4v) is 1.25. The van der Waals surface area contributed by atoms with Crippen molar-refractivity contribution >= 4 is 34.0 Å². The lowest BCUT2D eigenvalue weighted by Crippen LogP contribution is -2.30. The summed E-state index contributed by atoms with van der Waals surface area (Å²) in [5.41, 5.74) is 0.479. The number of nitrogens with zero attached hydrogens (tertiary/aromatic N) is 1. The largest absolute Gasteiger partial charge is 0.465 e. The highest BCUT2D eigenvalue weighted by Crippen LogP contribution is 2.17. The minimum atomic E-state index is -1.14. The fourth-order valence-electron chi connectivity index (χ4n) is 0.990.